The molecule has 0 atom stereocenters. The summed E-state index contributed by atoms with van der Waals surface area (Å²) in [5.41, 5.74) is 0.605. The van der Waals surface area contributed by atoms with E-state index in [0.717, 1.165) is 0 Å². The van der Waals surface area contributed by atoms with Crippen LogP contribution < -0.4 is 0 Å². The van der Waals surface area contributed by atoms with Gasteiger partial charge in [0, 0.05) is 18.1 Å². The molecule has 3 rings (SSSR count). The van der Waals surface area contributed by atoms with E-state index < -0.39 is 5.97 Å². The van der Waals surface area contributed by atoms with Gasteiger partial charge in [-0.3, -0.25) is 4.40 Å². The van der Waals surface area contributed by atoms with E-state index in [1.807, 2.05) is 6.92 Å². The van der Waals surface area contributed by atoms with Crippen molar-refractivity contribution >= 4 is 11.8 Å². The van der Waals surface area contributed by atoms with Gasteiger partial charge in [0.2, 0.25) is 0 Å². The fourth-order valence-electron chi connectivity index (χ4n) is 1.80. The molecule has 0 saturated heterocycles. The number of hydrogen-bond donors (Lipinski definition) is 2. The molecule has 0 unspecified atom stereocenters. The Kier molecular flexibility index (Phi) is 2.19. The van der Waals surface area contributed by atoms with Crippen LogP contribution in [0.1, 0.15) is 23.1 Å². The summed E-state index contributed by atoms with van der Waals surface area (Å²) >= 11 is 0. The Morgan fingerprint density at radius 2 is 2.44 bits per heavy atom. The highest BCUT2D eigenvalue weighted by atomic mass is 16.4. The van der Waals surface area contributed by atoms with Crippen LogP contribution in [0.15, 0.2) is 23.0 Å². The first-order chi connectivity index (χ1) is 8.69. The van der Waals surface area contributed by atoms with Crippen LogP contribution in [-0.4, -0.2) is 30.4 Å². The van der Waals surface area contributed by atoms with E-state index in [1.54, 1.807) is 23.0 Å². The fourth-order valence-corrected chi connectivity index (χ4v) is 1.80. The quantitative estimate of drug-likeness (QED) is 0.731. The fraction of sp³-hybridized carbons (Fsp3) is 0.182. The molecule has 0 aliphatic carbocycles. The number of carbonyl (C=O) groups is 1. The molecule has 3 aromatic rings. The van der Waals surface area contributed by atoms with E-state index in [4.69, 9.17) is 9.52 Å². The van der Waals surface area contributed by atoms with Crippen LogP contribution in [0.2, 0.25) is 0 Å². The first-order valence-electron chi connectivity index (χ1n) is 5.44. The lowest BCUT2D eigenvalue weighted by Crippen LogP contribution is -2.00. The number of carboxylic acids is 1. The van der Waals surface area contributed by atoms with Crippen molar-refractivity contribution in [3.8, 4) is 11.6 Å². The van der Waals surface area contributed by atoms with Gasteiger partial charge in [0.05, 0.1) is 6.20 Å². The van der Waals surface area contributed by atoms with Gasteiger partial charge in [-0.2, -0.15) is 0 Å². The molecule has 7 heteroatoms. The van der Waals surface area contributed by atoms with Crippen LogP contribution >= 0.6 is 0 Å². The zero-order valence-corrected chi connectivity index (χ0v) is 9.54. The summed E-state index contributed by atoms with van der Waals surface area (Å²) in [5, 5.41) is 9.03. The van der Waals surface area contributed by atoms with E-state index in [-0.39, 0.29) is 5.69 Å². The molecule has 0 bridgehead atoms. The summed E-state index contributed by atoms with van der Waals surface area (Å²) < 4.78 is 7.15. The van der Waals surface area contributed by atoms with Gasteiger partial charge in [-0.15, -0.1) is 0 Å². The maximum Gasteiger partial charge on any atom is 0.356 e. The lowest BCUT2D eigenvalue weighted by molar-refractivity contribution is 0.0690. The number of hydrogen-bond acceptors (Lipinski definition) is 4. The SMILES string of the molecule is CCc1[nH]c(-c2cn3ccnc3o2)nc1C(=O)O. The maximum atomic E-state index is 11.0. The number of H-pyrrole nitrogens is 1. The number of rotatable bonds is 3. The Morgan fingerprint density at radius 1 is 1.61 bits per heavy atom. The average molecular weight is 246 g/mol. The molecule has 0 aromatic carbocycles. The molecule has 3 heterocycles. The molecule has 18 heavy (non-hydrogen) atoms. The van der Waals surface area contributed by atoms with E-state index in [0.29, 0.717) is 29.5 Å². The van der Waals surface area contributed by atoms with Gasteiger partial charge in [0.25, 0.3) is 0 Å². The molecular formula is C11H10N4O3. The van der Waals surface area contributed by atoms with E-state index in [9.17, 15) is 4.79 Å². The minimum absolute atomic E-state index is 0.0292. The van der Waals surface area contributed by atoms with Gasteiger partial charge < -0.3 is 14.5 Å². The monoisotopic (exact) mass is 246 g/mol. The zero-order chi connectivity index (χ0) is 12.7. The second-order valence-electron chi connectivity index (χ2n) is 3.78. The van der Waals surface area contributed by atoms with E-state index in [2.05, 4.69) is 15.0 Å². The van der Waals surface area contributed by atoms with Crippen LogP contribution in [0.3, 0.4) is 0 Å². The van der Waals surface area contributed by atoms with Crippen molar-refractivity contribution in [3.05, 3.63) is 30.0 Å². The van der Waals surface area contributed by atoms with Gasteiger partial charge in [0.15, 0.2) is 17.3 Å². The maximum absolute atomic E-state index is 11.0. The first-order valence-corrected chi connectivity index (χ1v) is 5.44. The topological polar surface area (TPSA) is 96.4 Å². The molecular weight excluding hydrogens is 236 g/mol. The summed E-state index contributed by atoms with van der Waals surface area (Å²) in [7, 11) is 0. The Hall–Kier alpha value is -2.57. The van der Waals surface area contributed by atoms with Crippen molar-refractivity contribution in [2.75, 3.05) is 0 Å². The molecule has 0 saturated carbocycles. The van der Waals surface area contributed by atoms with Crippen LogP contribution in [0.5, 0.6) is 0 Å². The van der Waals surface area contributed by atoms with Crippen molar-refractivity contribution < 1.29 is 14.3 Å². The van der Waals surface area contributed by atoms with Crippen LogP contribution in [0, 0.1) is 0 Å². The van der Waals surface area contributed by atoms with Crippen molar-refractivity contribution in [1.29, 1.82) is 0 Å². The third-order valence-electron chi connectivity index (χ3n) is 2.66. The second kappa shape index (κ2) is 3.73. The number of nitrogens with one attached hydrogen (secondary N) is 1. The number of oxazole rings is 1. The van der Waals surface area contributed by atoms with Crippen LogP contribution in [-0.2, 0) is 6.42 Å². The van der Waals surface area contributed by atoms with E-state index in [1.165, 1.54) is 0 Å². The Bertz CT molecular complexity index is 693. The van der Waals surface area contributed by atoms with E-state index >= 15 is 0 Å². The number of aryl methyl sites for hydroxylation is 1. The molecule has 92 valence electrons. The predicted molar refractivity (Wildman–Crippen MR) is 61.4 cm³/mol. The number of fused-ring (bicyclic) bond motifs is 1. The summed E-state index contributed by atoms with van der Waals surface area (Å²) in [6.45, 7) is 1.86. The van der Waals surface area contributed by atoms with Gasteiger partial charge in [-0.05, 0) is 6.42 Å². The minimum atomic E-state index is -1.05. The highest BCUT2D eigenvalue weighted by Gasteiger charge is 2.18. The summed E-state index contributed by atoms with van der Waals surface area (Å²) in [6.07, 6.45) is 5.62. The zero-order valence-electron chi connectivity index (χ0n) is 9.54. The van der Waals surface area contributed by atoms with Crippen LogP contribution in [0.25, 0.3) is 17.4 Å². The number of carboxylic acid groups (broad SMARTS) is 1. The molecule has 0 amide bonds. The van der Waals surface area contributed by atoms with Crippen molar-refractivity contribution in [1.82, 2.24) is 19.4 Å². The van der Waals surface area contributed by atoms with Crippen molar-refractivity contribution in [2.24, 2.45) is 0 Å². The Balaban J connectivity index is 2.11. The number of aromatic nitrogens is 4. The van der Waals surface area contributed by atoms with Crippen molar-refractivity contribution in [3.63, 3.8) is 0 Å². The number of nitrogens with zero attached hydrogens (tertiary/aromatic N) is 3. The van der Waals surface area contributed by atoms with Gasteiger partial charge in [-0.25, -0.2) is 14.8 Å². The largest absolute Gasteiger partial charge is 0.476 e. The Morgan fingerprint density at radius 3 is 3.06 bits per heavy atom. The van der Waals surface area contributed by atoms with Crippen molar-refractivity contribution in [2.45, 2.75) is 13.3 Å². The lowest BCUT2D eigenvalue weighted by atomic mass is 10.3. The average Bonchev–Trinajstić information content (AvgIpc) is 3.01. The predicted octanol–water partition coefficient (Wildman–Crippen LogP) is 1.58. The van der Waals surface area contributed by atoms with Gasteiger partial charge in [-0.1, -0.05) is 6.92 Å². The molecule has 0 aliphatic heterocycles. The highest BCUT2D eigenvalue weighted by Crippen LogP contribution is 2.21. The summed E-state index contributed by atoms with van der Waals surface area (Å²) in [5.74, 6) is 0.247. The third-order valence-corrected chi connectivity index (χ3v) is 2.66. The number of aromatic carboxylic acids is 1. The van der Waals surface area contributed by atoms with Gasteiger partial charge >= 0.3 is 11.8 Å². The number of imidazole rings is 2. The summed E-state index contributed by atoms with van der Waals surface area (Å²) in [6, 6.07) is 0. The summed E-state index contributed by atoms with van der Waals surface area (Å²) in [4.78, 5) is 22.0. The second-order valence-corrected chi connectivity index (χ2v) is 3.78. The standard InChI is InChI=1S/C11H10N4O3/c1-2-6-8(10(16)17)14-9(13-6)7-5-15-4-3-12-11(15)18-7/h3-5H,2H2,1H3,(H,13,14)(H,16,17). The molecule has 0 spiro atoms. The van der Waals surface area contributed by atoms with Gasteiger partial charge in [0.1, 0.15) is 0 Å². The molecule has 0 fully saturated rings. The molecule has 0 aliphatic rings. The highest BCUT2D eigenvalue weighted by molar-refractivity contribution is 5.87. The molecule has 2 N–H and O–H groups in total. The molecule has 3 aromatic heterocycles. The normalized spacial score (nSPS) is 11.2. The van der Waals surface area contributed by atoms with Crippen LogP contribution in [0.4, 0.5) is 0 Å². The lowest BCUT2D eigenvalue weighted by Gasteiger charge is -1.90. The molecule has 0 radical (unpaired) electrons. The minimum Gasteiger partial charge on any atom is -0.476 e. The smallest absolute Gasteiger partial charge is 0.356 e. The molecule has 7 nitrogen and oxygen atoms in total. The Labute approximate surface area is 101 Å². The third kappa shape index (κ3) is 1.48. The first kappa shape index (κ1) is 10.6. The number of aromatic amines is 1.